The molecule has 11 atom stereocenters. The Morgan fingerprint density at radius 1 is 1.12 bits per heavy atom. The van der Waals surface area contributed by atoms with Gasteiger partial charge in [0.25, 0.3) is 0 Å². The molecule has 2 saturated heterocycles. The molecule has 11 heteroatoms. The van der Waals surface area contributed by atoms with E-state index in [1.807, 2.05) is 13.8 Å². The summed E-state index contributed by atoms with van der Waals surface area (Å²) in [6.07, 6.45) is -8.59. The lowest BCUT2D eigenvalue weighted by atomic mass is 9.77. The fourth-order valence-electron chi connectivity index (χ4n) is 4.92. The minimum atomic E-state index is -1.56. The Kier molecular flexibility index (Phi) is 8.17. The van der Waals surface area contributed by atoms with Gasteiger partial charge < -0.3 is 49.6 Å². The molecule has 0 spiro atoms. The molecule has 0 aromatic heterocycles. The number of esters is 1. The summed E-state index contributed by atoms with van der Waals surface area (Å²) >= 11 is 0. The first-order chi connectivity index (χ1) is 15.0. The second-order valence-electron chi connectivity index (χ2n) is 9.75. The minimum Gasteiger partial charge on any atom is -0.435 e. The van der Waals surface area contributed by atoms with Crippen LogP contribution in [0.1, 0.15) is 33.6 Å². The highest BCUT2D eigenvalue weighted by molar-refractivity contribution is 5.69. The van der Waals surface area contributed by atoms with E-state index in [1.54, 1.807) is 0 Å². The summed E-state index contributed by atoms with van der Waals surface area (Å²) in [6, 6.07) is 0. The van der Waals surface area contributed by atoms with Crippen LogP contribution in [-0.2, 0) is 23.7 Å². The fourth-order valence-corrected chi connectivity index (χ4v) is 4.92. The third-order valence-corrected chi connectivity index (χ3v) is 6.82. The quantitative estimate of drug-likeness (QED) is 0.232. The molecule has 3 rings (SSSR count). The van der Waals surface area contributed by atoms with Gasteiger partial charge in [-0.3, -0.25) is 4.79 Å². The van der Waals surface area contributed by atoms with Gasteiger partial charge in [0.1, 0.15) is 24.4 Å². The molecule has 0 radical (unpaired) electrons. The van der Waals surface area contributed by atoms with E-state index in [0.717, 1.165) is 0 Å². The van der Waals surface area contributed by atoms with Gasteiger partial charge in [-0.1, -0.05) is 13.8 Å². The van der Waals surface area contributed by atoms with Gasteiger partial charge in [-0.05, 0) is 25.2 Å². The Hall–Kier alpha value is -0.890. The van der Waals surface area contributed by atoms with Crippen molar-refractivity contribution < 1.29 is 54.4 Å². The number of carbonyl (C=O) groups excluding carboxylic acids is 1. The van der Waals surface area contributed by atoms with E-state index in [9.17, 15) is 35.4 Å². The highest BCUT2D eigenvalue weighted by atomic mass is 16.7. The zero-order valence-corrected chi connectivity index (χ0v) is 18.6. The van der Waals surface area contributed by atoms with Gasteiger partial charge in [-0.25, -0.2) is 0 Å². The predicted molar refractivity (Wildman–Crippen MR) is 107 cm³/mol. The number of ether oxygens (including phenoxy) is 4. The molecule has 1 saturated carbocycles. The molecule has 11 nitrogen and oxygen atoms in total. The molecule has 0 bridgehead atoms. The van der Waals surface area contributed by atoms with Crippen LogP contribution >= 0.6 is 0 Å². The molecule has 186 valence electrons. The smallest absolute Gasteiger partial charge is 0.308 e. The molecule has 3 fully saturated rings. The molecular formula is C21H36O11. The van der Waals surface area contributed by atoms with E-state index in [1.165, 1.54) is 6.92 Å². The Balaban J connectivity index is 1.67. The van der Waals surface area contributed by atoms with Crippen molar-refractivity contribution in [2.24, 2.45) is 23.7 Å². The minimum absolute atomic E-state index is 0.0146. The first kappa shape index (κ1) is 25.7. The van der Waals surface area contributed by atoms with Crippen LogP contribution in [0, 0.1) is 23.7 Å². The van der Waals surface area contributed by atoms with E-state index < -0.39 is 67.2 Å². The molecule has 0 amide bonds. The number of hydrogen-bond acceptors (Lipinski definition) is 11. The first-order valence-corrected chi connectivity index (χ1v) is 11.1. The molecule has 2 aliphatic heterocycles. The highest BCUT2D eigenvalue weighted by Crippen LogP contribution is 2.49. The summed E-state index contributed by atoms with van der Waals surface area (Å²) in [6.45, 7) is 4.78. The van der Waals surface area contributed by atoms with Crippen molar-refractivity contribution in [3.8, 4) is 0 Å². The number of rotatable bonds is 7. The summed E-state index contributed by atoms with van der Waals surface area (Å²) in [4.78, 5) is 12.2. The summed E-state index contributed by atoms with van der Waals surface area (Å²) in [5.74, 6) is -1.69. The Morgan fingerprint density at radius 2 is 1.81 bits per heavy atom. The summed E-state index contributed by atoms with van der Waals surface area (Å²) < 4.78 is 22.3. The van der Waals surface area contributed by atoms with Gasteiger partial charge in [-0.2, -0.15) is 0 Å². The molecule has 2 heterocycles. The van der Waals surface area contributed by atoms with Crippen LogP contribution in [0.2, 0.25) is 0 Å². The SMILES string of the molecule is CC(C)CC(=O)O[C@@H]1OC[C@@H](CO[C@@H]2O[C@@H](CO)[C@@H](O)[C@H](O)[C@@H]2O)[C@H]2C[C@H](O)[C@@](C)(O)[C@@H]12. The van der Waals surface area contributed by atoms with Crippen molar-refractivity contribution in [3.63, 3.8) is 0 Å². The first-order valence-electron chi connectivity index (χ1n) is 11.1. The molecule has 0 aromatic rings. The van der Waals surface area contributed by atoms with Crippen LogP contribution < -0.4 is 0 Å². The average Bonchev–Trinajstić information content (AvgIpc) is 2.96. The molecule has 0 unspecified atom stereocenters. The van der Waals surface area contributed by atoms with Crippen molar-refractivity contribution in [1.82, 2.24) is 0 Å². The third-order valence-electron chi connectivity index (χ3n) is 6.82. The Morgan fingerprint density at radius 3 is 2.44 bits per heavy atom. The van der Waals surface area contributed by atoms with Gasteiger partial charge in [0.15, 0.2) is 6.29 Å². The topological polar surface area (TPSA) is 175 Å². The Bertz CT molecular complexity index is 639. The number of fused-ring (bicyclic) bond motifs is 1. The van der Waals surface area contributed by atoms with Crippen molar-refractivity contribution >= 4 is 5.97 Å². The van der Waals surface area contributed by atoms with Crippen LogP contribution in [-0.4, -0.2) is 105 Å². The lowest BCUT2D eigenvalue weighted by molar-refractivity contribution is -0.309. The van der Waals surface area contributed by atoms with Crippen LogP contribution in [0.25, 0.3) is 0 Å². The summed E-state index contributed by atoms with van der Waals surface area (Å²) in [7, 11) is 0. The number of aliphatic hydroxyl groups excluding tert-OH is 5. The molecule has 0 aromatic carbocycles. The molecule has 1 aliphatic carbocycles. The normalized spacial score (nSPS) is 46.8. The van der Waals surface area contributed by atoms with Gasteiger partial charge >= 0.3 is 5.97 Å². The number of aliphatic hydroxyl groups is 6. The average molecular weight is 465 g/mol. The van der Waals surface area contributed by atoms with Crippen molar-refractivity contribution in [1.29, 1.82) is 0 Å². The van der Waals surface area contributed by atoms with Crippen molar-refractivity contribution in [2.45, 2.75) is 82.3 Å². The van der Waals surface area contributed by atoms with E-state index >= 15 is 0 Å². The predicted octanol–water partition coefficient (Wildman–Crippen LogP) is -1.89. The Labute approximate surface area is 186 Å². The van der Waals surface area contributed by atoms with Gasteiger partial charge in [0.05, 0.1) is 37.4 Å². The van der Waals surface area contributed by atoms with Gasteiger partial charge in [-0.15, -0.1) is 0 Å². The lowest BCUT2D eigenvalue weighted by Crippen LogP contribution is -2.59. The van der Waals surface area contributed by atoms with Crippen LogP contribution in [0.4, 0.5) is 0 Å². The number of hydrogen-bond donors (Lipinski definition) is 6. The third kappa shape index (κ3) is 5.11. The second-order valence-corrected chi connectivity index (χ2v) is 9.75. The lowest BCUT2D eigenvalue weighted by Gasteiger charge is -2.44. The zero-order chi connectivity index (χ0) is 23.8. The zero-order valence-electron chi connectivity index (χ0n) is 18.6. The monoisotopic (exact) mass is 464 g/mol. The maximum Gasteiger partial charge on any atom is 0.308 e. The largest absolute Gasteiger partial charge is 0.435 e. The van der Waals surface area contributed by atoms with Gasteiger partial charge in [0.2, 0.25) is 6.29 Å². The highest BCUT2D eigenvalue weighted by Gasteiger charge is 2.59. The maximum atomic E-state index is 12.2. The van der Waals surface area contributed by atoms with Crippen molar-refractivity contribution in [3.05, 3.63) is 0 Å². The molecule has 3 aliphatic rings. The standard InChI is InChI=1S/C21H36O11/c1-9(2)4-14(24)32-19-15-11(5-13(23)21(15,3)28)10(7-29-19)8-30-20-18(27)17(26)16(25)12(6-22)31-20/h9-13,15-20,22-23,25-28H,4-8H2,1-3H3/t10-,11+,12-,13-,15+,16+,17-,18-,19-,20+,21+/m0/s1. The van der Waals surface area contributed by atoms with Crippen LogP contribution in [0.15, 0.2) is 0 Å². The molecule has 32 heavy (non-hydrogen) atoms. The van der Waals surface area contributed by atoms with E-state index in [-0.39, 0.29) is 43.8 Å². The summed E-state index contributed by atoms with van der Waals surface area (Å²) in [5.41, 5.74) is -1.55. The maximum absolute atomic E-state index is 12.2. The van der Waals surface area contributed by atoms with Gasteiger partial charge in [0, 0.05) is 12.3 Å². The van der Waals surface area contributed by atoms with E-state index in [0.29, 0.717) is 0 Å². The van der Waals surface area contributed by atoms with Crippen LogP contribution in [0.3, 0.4) is 0 Å². The fraction of sp³-hybridized carbons (Fsp3) is 0.952. The van der Waals surface area contributed by atoms with E-state index in [2.05, 4.69) is 0 Å². The second kappa shape index (κ2) is 10.2. The summed E-state index contributed by atoms with van der Waals surface area (Å²) in [5, 5.41) is 60.7. The van der Waals surface area contributed by atoms with Crippen LogP contribution in [0.5, 0.6) is 0 Å². The molecule has 6 N–H and O–H groups in total. The molecular weight excluding hydrogens is 428 g/mol. The number of carbonyl (C=O) groups is 1. The van der Waals surface area contributed by atoms with E-state index in [4.69, 9.17) is 18.9 Å². The van der Waals surface area contributed by atoms with Crippen molar-refractivity contribution in [2.75, 3.05) is 19.8 Å².